The fourth-order valence-electron chi connectivity index (χ4n) is 6.11. The van der Waals surface area contributed by atoms with Crippen LogP contribution in [0.3, 0.4) is 0 Å². The molecule has 0 spiro atoms. The lowest BCUT2D eigenvalue weighted by atomic mass is 9.88. The van der Waals surface area contributed by atoms with Crippen molar-refractivity contribution in [3.05, 3.63) is 167 Å². The Hall–Kier alpha value is -5.02. The molecular formula is C42H41N3. The number of nitrogens with one attached hydrogen (secondary N) is 1. The van der Waals surface area contributed by atoms with E-state index in [0.29, 0.717) is 5.92 Å². The minimum Gasteiger partial charge on any atom is -0.358 e. The molecule has 224 valence electrons. The third kappa shape index (κ3) is 6.58. The van der Waals surface area contributed by atoms with E-state index in [1.807, 2.05) is 31.2 Å². The second-order valence-corrected chi connectivity index (χ2v) is 11.9. The summed E-state index contributed by atoms with van der Waals surface area (Å²) in [5, 5.41) is 6.25. The first kappa shape index (κ1) is 30.0. The summed E-state index contributed by atoms with van der Waals surface area (Å²) >= 11 is 0. The smallest absolute Gasteiger partial charge is 0.142 e. The van der Waals surface area contributed by atoms with Gasteiger partial charge in [-0.25, -0.2) is 4.99 Å². The van der Waals surface area contributed by atoms with Crippen molar-refractivity contribution in [3.63, 3.8) is 0 Å². The first-order valence-electron chi connectivity index (χ1n) is 16.0. The molecular weight excluding hydrogens is 546 g/mol. The third-order valence-corrected chi connectivity index (χ3v) is 8.64. The SMILES string of the molecule is C=C(/C=C\C=C/C)C(/C=C/C1=CCCC=C1)=N/c1c(C)ccc2c1NC(C1=CC=CCC1C)N=C2c1cccc2ccccc12. The van der Waals surface area contributed by atoms with E-state index in [1.54, 1.807) is 0 Å². The Kier molecular flexibility index (Phi) is 9.17. The molecule has 1 N–H and O–H groups in total. The Bertz CT molecular complexity index is 1900. The van der Waals surface area contributed by atoms with Crippen molar-refractivity contribution in [1.29, 1.82) is 0 Å². The number of rotatable bonds is 8. The molecule has 3 heteroatoms. The lowest BCUT2D eigenvalue weighted by molar-refractivity contribution is 0.626. The van der Waals surface area contributed by atoms with E-state index in [9.17, 15) is 0 Å². The molecule has 1 aliphatic heterocycles. The summed E-state index contributed by atoms with van der Waals surface area (Å²) in [6.45, 7) is 10.9. The lowest BCUT2D eigenvalue weighted by Gasteiger charge is -2.32. The average molecular weight is 588 g/mol. The average Bonchev–Trinajstić information content (AvgIpc) is 3.07. The van der Waals surface area contributed by atoms with Crippen LogP contribution < -0.4 is 5.32 Å². The van der Waals surface area contributed by atoms with Gasteiger partial charge in [-0.3, -0.25) is 4.99 Å². The summed E-state index contributed by atoms with van der Waals surface area (Å²) < 4.78 is 0. The summed E-state index contributed by atoms with van der Waals surface area (Å²) in [5.41, 5.74) is 10.4. The summed E-state index contributed by atoms with van der Waals surface area (Å²) in [4.78, 5) is 10.8. The van der Waals surface area contributed by atoms with Gasteiger partial charge >= 0.3 is 0 Å². The van der Waals surface area contributed by atoms with Crippen LogP contribution in [0.4, 0.5) is 11.4 Å². The number of allylic oxidation sites excluding steroid dienone is 14. The zero-order valence-corrected chi connectivity index (χ0v) is 26.5. The second-order valence-electron chi connectivity index (χ2n) is 11.9. The molecule has 3 aromatic rings. The Morgan fingerprint density at radius 2 is 1.84 bits per heavy atom. The monoisotopic (exact) mass is 587 g/mol. The highest BCUT2D eigenvalue weighted by Crippen LogP contribution is 2.41. The maximum atomic E-state index is 5.44. The summed E-state index contributed by atoms with van der Waals surface area (Å²) in [6.07, 6.45) is 28.6. The predicted molar refractivity (Wildman–Crippen MR) is 195 cm³/mol. The molecule has 6 rings (SSSR count). The van der Waals surface area contributed by atoms with Crippen LogP contribution in [0.25, 0.3) is 10.8 Å². The summed E-state index contributed by atoms with van der Waals surface area (Å²) in [5.74, 6) is 0.384. The standard InChI is InChI=1S/C42H41N3/c1-5-6-8-17-30(3)38(28-26-32-18-9-7-10-19-32)43-39-31(4)25-27-37-40(36-24-15-21-33-20-12-14-23-35(33)36)44-42(45-41(37)39)34-22-13-11-16-29(34)2/h5-6,8-9,11-15,17-29,42,45H,3,7,10,16H2,1-2,4H3/b6-5-,17-8-,28-26+,43-38+. The van der Waals surface area contributed by atoms with Gasteiger partial charge in [0.05, 0.1) is 22.8 Å². The van der Waals surface area contributed by atoms with Crippen LogP contribution >= 0.6 is 0 Å². The van der Waals surface area contributed by atoms with Gasteiger partial charge < -0.3 is 5.32 Å². The van der Waals surface area contributed by atoms with Gasteiger partial charge in [-0.05, 0) is 78.2 Å². The Morgan fingerprint density at radius 3 is 2.67 bits per heavy atom. The number of benzene rings is 3. The van der Waals surface area contributed by atoms with E-state index in [2.05, 4.69) is 129 Å². The molecule has 0 radical (unpaired) electrons. The first-order chi connectivity index (χ1) is 22.0. The topological polar surface area (TPSA) is 36.8 Å². The van der Waals surface area contributed by atoms with Crippen LogP contribution in [0.15, 0.2) is 161 Å². The molecule has 0 saturated carbocycles. The van der Waals surface area contributed by atoms with Gasteiger partial charge in [0.15, 0.2) is 0 Å². The molecule has 2 atom stereocenters. The molecule has 2 unspecified atom stereocenters. The summed E-state index contributed by atoms with van der Waals surface area (Å²) in [7, 11) is 0. The number of nitrogens with zero attached hydrogens (tertiary/aromatic N) is 2. The van der Waals surface area contributed by atoms with E-state index in [4.69, 9.17) is 9.98 Å². The fourth-order valence-corrected chi connectivity index (χ4v) is 6.11. The Balaban J connectivity index is 1.54. The van der Waals surface area contributed by atoms with Crippen molar-refractivity contribution in [1.82, 2.24) is 0 Å². The molecule has 0 saturated heterocycles. The Morgan fingerprint density at radius 1 is 0.978 bits per heavy atom. The third-order valence-electron chi connectivity index (χ3n) is 8.64. The molecule has 0 fully saturated rings. The minimum atomic E-state index is -0.198. The molecule has 1 heterocycles. The van der Waals surface area contributed by atoms with Crippen LogP contribution in [0.5, 0.6) is 0 Å². The Labute approximate surface area is 267 Å². The number of fused-ring (bicyclic) bond motifs is 2. The van der Waals surface area contributed by atoms with Gasteiger partial charge in [0, 0.05) is 11.1 Å². The van der Waals surface area contributed by atoms with Gasteiger partial charge in [0.25, 0.3) is 0 Å². The molecule has 2 aliphatic carbocycles. The number of hydrogen-bond donors (Lipinski definition) is 1. The van der Waals surface area contributed by atoms with Gasteiger partial charge in [-0.15, -0.1) is 0 Å². The van der Waals surface area contributed by atoms with E-state index < -0.39 is 0 Å². The van der Waals surface area contributed by atoms with E-state index in [-0.39, 0.29) is 6.17 Å². The minimum absolute atomic E-state index is 0.198. The zero-order valence-electron chi connectivity index (χ0n) is 26.5. The molecule has 3 nitrogen and oxygen atoms in total. The lowest BCUT2D eigenvalue weighted by Crippen LogP contribution is -2.31. The second kappa shape index (κ2) is 13.7. The molecule has 3 aliphatic rings. The maximum absolute atomic E-state index is 5.44. The van der Waals surface area contributed by atoms with Gasteiger partial charge in [-0.2, -0.15) is 0 Å². The molecule has 3 aromatic carbocycles. The van der Waals surface area contributed by atoms with Crippen molar-refractivity contribution in [2.24, 2.45) is 15.9 Å². The molecule has 45 heavy (non-hydrogen) atoms. The number of aliphatic imine (C=N–C) groups is 2. The molecule has 0 aromatic heterocycles. The zero-order chi connectivity index (χ0) is 31.2. The van der Waals surface area contributed by atoms with Crippen molar-refractivity contribution < 1.29 is 0 Å². The van der Waals surface area contributed by atoms with E-state index in [0.717, 1.165) is 64.3 Å². The van der Waals surface area contributed by atoms with Crippen LogP contribution in [0, 0.1) is 12.8 Å². The van der Waals surface area contributed by atoms with E-state index >= 15 is 0 Å². The number of aryl methyl sites for hydroxylation is 1. The van der Waals surface area contributed by atoms with Crippen molar-refractivity contribution in [2.45, 2.75) is 46.2 Å². The highest BCUT2D eigenvalue weighted by atomic mass is 15.1. The van der Waals surface area contributed by atoms with Crippen LogP contribution in [-0.4, -0.2) is 17.6 Å². The van der Waals surface area contributed by atoms with Gasteiger partial charge in [0.1, 0.15) is 6.17 Å². The number of anilines is 1. The molecule has 0 amide bonds. The van der Waals surface area contributed by atoms with Crippen molar-refractivity contribution >= 4 is 33.6 Å². The van der Waals surface area contributed by atoms with Crippen LogP contribution in [-0.2, 0) is 0 Å². The highest BCUT2D eigenvalue weighted by Gasteiger charge is 2.29. The van der Waals surface area contributed by atoms with E-state index in [1.165, 1.54) is 21.9 Å². The van der Waals surface area contributed by atoms with Gasteiger partial charge in [0.2, 0.25) is 0 Å². The van der Waals surface area contributed by atoms with Crippen molar-refractivity contribution in [3.8, 4) is 0 Å². The predicted octanol–water partition coefficient (Wildman–Crippen LogP) is 10.9. The van der Waals surface area contributed by atoms with Crippen molar-refractivity contribution in [2.75, 3.05) is 5.32 Å². The number of hydrogen-bond acceptors (Lipinski definition) is 3. The van der Waals surface area contributed by atoms with Crippen LogP contribution in [0.2, 0.25) is 0 Å². The van der Waals surface area contributed by atoms with Crippen LogP contribution in [0.1, 0.15) is 49.8 Å². The van der Waals surface area contributed by atoms with Gasteiger partial charge in [-0.1, -0.05) is 135 Å². The first-order valence-corrected chi connectivity index (χ1v) is 16.0. The molecule has 0 bridgehead atoms. The summed E-state index contributed by atoms with van der Waals surface area (Å²) in [6, 6.07) is 19.4. The highest BCUT2D eigenvalue weighted by molar-refractivity contribution is 6.23. The quantitative estimate of drug-likeness (QED) is 0.207. The normalized spacial score (nSPS) is 20.0. The fraction of sp³-hybridized carbons (Fsp3) is 0.190. The largest absolute Gasteiger partial charge is 0.358 e. The maximum Gasteiger partial charge on any atom is 0.142 e.